The van der Waals surface area contributed by atoms with E-state index in [2.05, 4.69) is 22.9 Å². The number of ketones is 1. The van der Waals surface area contributed by atoms with Crippen molar-refractivity contribution in [3.05, 3.63) is 51.6 Å². The molecule has 30 heavy (non-hydrogen) atoms. The summed E-state index contributed by atoms with van der Waals surface area (Å²) in [6.07, 6.45) is 14.8. The summed E-state index contributed by atoms with van der Waals surface area (Å²) in [5, 5.41) is 1.10. The lowest BCUT2D eigenvalue weighted by Crippen LogP contribution is -2.31. The number of hydrogen-bond acceptors (Lipinski definition) is 6. The van der Waals surface area contributed by atoms with Crippen LogP contribution in [0.5, 0.6) is 0 Å². The molecule has 0 saturated carbocycles. The van der Waals surface area contributed by atoms with Crippen molar-refractivity contribution in [2.24, 2.45) is 0 Å². The second-order valence-corrected chi connectivity index (χ2v) is 9.81. The van der Waals surface area contributed by atoms with Crippen LogP contribution in [0.25, 0.3) is 5.57 Å². The van der Waals surface area contributed by atoms with Crippen molar-refractivity contribution in [2.75, 3.05) is 18.0 Å². The van der Waals surface area contributed by atoms with E-state index < -0.39 is 0 Å². The fourth-order valence-electron chi connectivity index (χ4n) is 4.79. The summed E-state index contributed by atoms with van der Waals surface area (Å²) in [5.74, 6) is 0.223. The number of thiazole rings is 1. The Labute approximate surface area is 182 Å². The van der Waals surface area contributed by atoms with Crippen LogP contribution in [0.3, 0.4) is 0 Å². The average molecular weight is 421 g/mol. The standard InChI is InChI=1S/C24H28N4OS/c1-16-13-26-24(30-16)28-11-10-17-8-5-9-21-23(20(17)15-28)25-14-19(27-21)12-22(29)18-6-3-2-4-7-18/h6,13-14H,2-5,7-12,15H2,1H3. The fourth-order valence-corrected chi connectivity index (χ4v) is 5.58. The first-order valence-electron chi connectivity index (χ1n) is 11.1. The Hall–Kier alpha value is -2.34. The highest BCUT2D eigenvalue weighted by Gasteiger charge is 2.27. The van der Waals surface area contributed by atoms with Gasteiger partial charge in [0.2, 0.25) is 0 Å². The van der Waals surface area contributed by atoms with Crippen molar-refractivity contribution in [2.45, 2.75) is 64.7 Å². The quantitative estimate of drug-likeness (QED) is 0.707. The topological polar surface area (TPSA) is 59.0 Å². The van der Waals surface area contributed by atoms with Crippen molar-refractivity contribution in [3.8, 4) is 0 Å². The van der Waals surface area contributed by atoms with Gasteiger partial charge in [0, 0.05) is 30.4 Å². The third-order valence-corrected chi connectivity index (χ3v) is 7.38. The number of Topliss-reactive ketones (excluding diaryl/α,β-unsaturated/α-hetero) is 1. The summed E-state index contributed by atoms with van der Waals surface area (Å²) in [6.45, 7) is 3.99. The van der Waals surface area contributed by atoms with Gasteiger partial charge in [0.1, 0.15) is 0 Å². The number of carbonyl (C=O) groups excluding carboxylic acids is 1. The SMILES string of the molecule is Cc1cnc(N2CCC3=C(C2)c2ncc(CC(=O)C4=CCCCC4)nc2CCC3)s1. The molecular weight excluding hydrogens is 392 g/mol. The van der Waals surface area contributed by atoms with Gasteiger partial charge in [0.15, 0.2) is 10.9 Å². The molecule has 0 saturated heterocycles. The van der Waals surface area contributed by atoms with Gasteiger partial charge in [-0.25, -0.2) is 4.98 Å². The number of allylic oxidation sites excluding steroid dienone is 2. The normalized spacial score (nSPS) is 19.1. The zero-order valence-corrected chi connectivity index (χ0v) is 18.4. The Morgan fingerprint density at radius 3 is 2.83 bits per heavy atom. The van der Waals surface area contributed by atoms with E-state index >= 15 is 0 Å². The molecule has 0 bridgehead atoms. The van der Waals surface area contributed by atoms with Crippen molar-refractivity contribution in [3.63, 3.8) is 0 Å². The van der Waals surface area contributed by atoms with Gasteiger partial charge in [-0.3, -0.25) is 14.8 Å². The van der Waals surface area contributed by atoms with Crippen molar-refractivity contribution in [1.29, 1.82) is 0 Å². The minimum absolute atomic E-state index is 0.223. The molecule has 2 aliphatic carbocycles. The summed E-state index contributed by atoms with van der Waals surface area (Å²) in [5.41, 5.74) is 6.79. The number of carbonyl (C=O) groups is 1. The van der Waals surface area contributed by atoms with E-state index in [0.717, 1.165) is 85.8 Å². The Kier molecular flexibility index (Phi) is 5.50. The van der Waals surface area contributed by atoms with Crippen LogP contribution < -0.4 is 4.90 Å². The lowest BCUT2D eigenvalue weighted by molar-refractivity contribution is -0.115. The molecule has 5 nitrogen and oxygen atoms in total. The number of hydrogen-bond donors (Lipinski definition) is 0. The summed E-state index contributed by atoms with van der Waals surface area (Å²) >= 11 is 1.76. The van der Waals surface area contributed by atoms with Gasteiger partial charge in [-0.2, -0.15) is 0 Å². The van der Waals surface area contributed by atoms with Gasteiger partial charge in [-0.1, -0.05) is 11.6 Å². The van der Waals surface area contributed by atoms with Gasteiger partial charge in [-0.05, 0) is 69.4 Å². The number of aromatic nitrogens is 3. The molecule has 0 radical (unpaired) electrons. The molecule has 156 valence electrons. The van der Waals surface area contributed by atoms with Crippen LogP contribution in [-0.4, -0.2) is 33.8 Å². The maximum absolute atomic E-state index is 12.7. The first-order chi connectivity index (χ1) is 14.7. The molecule has 5 rings (SSSR count). The molecule has 0 N–H and O–H groups in total. The smallest absolute Gasteiger partial charge is 0.185 e. The number of rotatable bonds is 4. The molecule has 0 amide bonds. The van der Waals surface area contributed by atoms with Crippen LogP contribution in [0.15, 0.2) is 29.6 Å². The number of anilines is 1. The zero-order valence-electron chi connectivity index (χ0n) is 17.6. The van der Waals surface area contributed by atoms with Crippen LogP contribution in [0.4, 0.5) is 5.13 Å². The van der Waals surface area contributed by atoms with Gasteiger partial charge in [0.25, 0.3) is 0 Å². The van der Waals surface area contributed by atoms with Crippen molar-refractivity contribution < 1.29 is 4.79 Å². The highest BCUT2D eigenvalue weighted by atomic mass is 32.1. The van der Waals surface area contributed by atoms with Gasteiger partial charge in [-0.15, -0.1) is 11.3 Å². The Bertz CT molecular complexity index is 1040. The van der Waals surface area contributed by atoms with E-state index in [4.69, 9.17) is 9.97 Å². The first kappa shape index (κ1) is 19.6. The molecule has 0 fully saturated rings. The third-order valence-electron chi connectivity index (χ3n) is 6.40. The molecule has 0 spiro atoms. The van der Waals surface area contributed by atoms with Crippen LogP contribution in [0.2, 0.25) is 0 Å². The monoisotopic (exact) mass is 420 g/mol. The molecule has 2 aromatic heterocycles. The maximum Gasteiger partial charge on any atom is 0.185 e. The molecule has 0 unspecified atom stereocenters. The maximum atomic E-state index is 12.7. The predicted octanol–water partition coefficient (Wildman–Crippen LogP) is 4.85. The Morgan fingerprint density at radius 1 is 1.10 bits per heavy atom. The minimum Gasteiger partial charge on any atom is -0.343 e. The third kappa shape index (κ3) is 3.97. The van der Waals surface area contributed by atoms with E-state index in [-0.39, 0.29) is 5.78 Å². The number of nitrogens with zero attached hydrogens (tertiary/aromatic N) is 4. The largest absolute Gasteiger partial charge is 0.343 e. The second-order valence-electron chi connectivity index (χ2n) is 8.59. The van der Waals surface area contributed by atoms with Crippen LogP contribution in [0, 0.1) is 6.92 Å². The van der Waals surface area contributed by atoms with Crippen LogP contribution in [-0.2, 0) is 17.6 Å². The van der Waals surface area contributed by atoms with Crippen LogP contribution >= 0.6 is 11.3 Å². The van der Waals surface area contributed by atoms with Crippen molar-refractivity contribution >= 4 is 27.8 Å². The molecular formula is C24H28N4OS. The highest BCUT2D eigenvalue weighted by Crippen LogP contribution is 2.36. The minimum atomic E-state index is 0.223. The summed E-state index contributed by atoms with van der Waals surface area (Å²) in [7, 11) is 0. The fraction of sp³-hybridized carbons (Fsp3) is 0.500. The lowest BCUT2D eigenvalue weighted by atomic mass is 9.94. The van der Waals surface area contributed by atoms with E-state index in [1.54, 1.807) is 11.3 Å². The molecule has 2 aromatic rings. The highest BCUT2D eigenvalue weighted by molar-refractivity contribution is 7.15. The zero-order chi connectivity index (χ0) is 20.5. The van der Waals surface area contributed by atoms with Crippen molar-refractivity contribution in [1.82, 2.24) is 15.0 Å². The molecule has 1 aliphatic heterocycles. The van der Waals surface area contributed by atoms with Gasteiger partial charge < -0.3 is 4.90 Å². The Morgan fingerprint density at radius 2 is 2.03 bits per heavy atom. The van der Waals surface area contributed by atoms with E-state index in [9.17, 15) is 4.79 Å². The molecule has 0 atom stereocenters. The van der Waals surface area contributed by atoms with E-state index in [1.807, 2.05) is 12.4 Å². The molecule has 3 heterocycles. The summed E-state index contributed by atoms with van der Waals surface area (Å²) in [6, 6.07) is 0. The predicted molar refractivity (Wildman–Crippen MR) is 121 cm³/mol. The average Bonchev–Trinajstić information content (AvgIpc) is 3.12. The van der Waals surface area contributed by atoms with E-state index in [1.165, 1.54) is 22.4 Å². The van der Waals surface area contributed by atoms with Crippen LogP contribution in [0.1, 0.15) is 66.9 Å². The van der Waals surface area contributed by atoms with Gasteiger partial charge >= 0.3 is 0 Å². The number of fused-ring (bicyclic) bond motifs is 2. The number of aryl methyl sites for hydroxylation is 2. The summed E-state index contributed by atoms with van der Waals surface area (Å²) in [4.78, 5) is 30.7. The van der Waals surface area contributed by atoms with E-state index in [0.29, 0.717) is 6.42 Å². The Balaban J connectivity index is 1.39. The molecule has 6 heteroatoms. The van der Waals surface area contributed by atoms with Gasteiger partial charge in [0.05, 0.1) is 23.5 Å². The molecule has 0 aromatic carbocycles. The molecule has 3 aliphatic rings. The summed E-state index contributed by atoms with van der Waals surface area (Å²) < 4.78 is 0. The first-order valence-corrected chi connectivity index (χ1v) is 11.9. The lowest BCUT2D eigenvalue weighted by Gasteiger charge is -2.30. The second kappa shape index (κ2) is 8.42.